The minimum atomic E-state index is -0.583. The van der Waals surface area contributed by atoms with Crippen LogP contribution in [0, 0.1) is 19.3 Å². The third-order valence-corrected chi connectivity index (χ3v) is 9.86. The molecule has 0 aliphatic heterocycles. The SMILES string of the molecule is CC(=O)C(CCCCCSCCCCCC(C)(C)C(=O)Cc1ccccc1)(c1ccccc1C)c1ccccc1C. The first kappa shape index (κ1) is 32.9. The fraction of sp³-hybridized carbons (Fsp3) is 0.474. The van der Waals surface area contributed by atoms with Crippen LogP contribution in [0.5, 0.6) is 0 Å². The molecule has 0 heterocycles. The molecule has 0 unspecified atom stereocenters. The zero-order valence-electron chi connectivity index (χ0n) is 26.0. The molecule has 3 aromatic carbocycles. The highest BCUT2D eigenvalue weighted by molar-refractivity contribution is 7.99. The van der Waals surface area contributed by atoms with Gasteiger partial charge in [-0.1, -0.05) is 118 Å². The second-order valence-electron chi connectivity index (χ2n) is 12.3. The van der Waals surface area contributed by atoms with Crippen LogP contribution < -0.4 is 0 Å². The van der Waals surface area contributed by atoms with Crippen LogP contribution in [0.25, 0.3) is 0 Å². The highest BCUT2D eigenvalue weighted by atomic mass is 32.2. The molecule has 2 nitrogen and oxygen atoms in total. The first-order chi connectivity index (χ1) is 19.7. The van der Waals surface area contributed by atoms with E-state index in [1.807, 2.05) is 42.1 Å². The Morgan fingerprint density at radius 3 is 1.63 bits per heavy atom. The number of carbonyl (C=O) groups is 2. The van der Waals surface area contributed by atoms with Crippen molar-refractivity contribution in [3.8, 4) is 0 Å². The number of thioether (sulfide) groups is 1. The second-order valence-corrected chi connectivity index (χ2v) is 13.5. The van der Waals surface area contributed by atoms with Gasteiger partial charge < -0.3 is 0 Å². The van der Waals surface area contributed by atoms with Crippen LogP contribution in [-0.2, 0) is 21.4 Å². The number of carbonyl (C=O) groups excluding carboxylic acids is 2. The second kappa shape index (κ2) is 16.1. The standard InChI is InChI=1S/C38H50O2S/c1-30-19-11-13-23-34(30)38(32(3)39,35-24-14-12-20-31(35)2)26-16-8-18-28-41-27-17-7-15-25-37(4,5)36(40)29-33-21-9-6-10-22-33/h6,9-14,19-24H,7-8,15-18,25-29H2,1-5H3. The van der Waals surface area contributed by atoms with Gasteiger partial charge in [-0.2, -0.15) is 11.8 Å². The summed E-state index contributed by atoms with van der Waals surface area (Å²) in [5, 5.41) is 0. The highest BCUT2D eigenvalue weighted by Gasteiger charge is 2.40. The Morgan fingerprint density at radius 1 is 0.634 bits per heavy atom. The predicted molar refractivity (Wildman–Crippen MR) is 177 cm³/mol. The van der Waals surface area contributed by atoms with Crippen molar-refractivity contribution in [1.29, 1.82) is 0 Å². The number of aryl methyl sites for hydroxylation is 2. The van der Waals surface area contributed by atoms with Crippen molar-refractivity contribution in [3.63, 3.8) is 0 Å². The summed E-state index contributed by atoms with van der Waals surface area (Å²) in [5.41, 5.74) is 4.95. The number of hydrogen-bond donors (Lipinski definition) is 0. The van der Waals surface area contributed by atoms with E-state index in [4.69, 9.17) is 0 Å². The normalized spacial score (nSPS) is 11.9. The molecule has 0 amide bonds. The van der Waals surface area contributed by atoms with Crippen molar-refractivity contribution in [2.24, 2.45) is 5.41 Å². The predicted octanol–water partition coefficient (Wildman–Crippen LogP) is 9.87. The third-order valence-electron chi connectivity index (χ3n) is 8.70. The molecule has 0 fully saturated rings. The molecule has 41 heavy (non-hydrogen) atoms. The van der Waals surface area contributed by atoms with E-state index in [9.17, 15) is 9.59 Å². The van der Waals surface area contributed by atoms with Gasteiger partial charge in [0.1, 0.15) is 11.6 Å². The van der Waals surface area contributed by atoms with Crippen molar-refractivity contribution in [2.45, 2.75) is 97.8 Å². The molecule has 0 aromatic heterocycles. The number of ketones is 2. The van der Waals surface area contributed by atoms with E-state index in [2.05, 4.69) is 76.2 Å². The van der Waals surface area contributed by atoms with Gasteiger partial charge in [0.05, 0.1) is 5.41 Å². The molecule has 0 N–H and O–H groups in total. The van der Waals surface area contributed by atoms with E-state index in [1.54, 1.807) is 6.92 Å². The van der Waals surface area contributed by atoms with E-state index < -0.39 is 5.41 Å². The summed E-state index contributed by atoms with van der Waals surface area (Å²) in [7, 11) is 0. The molecule has 3 aromatic rings. The Hall–Kier alpha value is -2.65. The maximum Gasteiger partial charge on any atom is 0.144 e. The summed E-state index contributed by atoms with van der Waals surface area (Å²) >= 11 is 2.05. The van der Waals surface area contributed by atoms with Gasteiger partial charge in [0, 0.05) is 11.8 Å². The van der Waals surface area contributed by atoms with E-state index >= 15 is 0 Å². The molecule has 3 rings (SSSR count). The quantitative estimate of drug-likeness (QED) is 0.143. The van der Waals surface area contributed by atoms with Crippen LogP contribution in [0.2, 0.25) is 0 Å². The molecule has 0 bridgehead atoms. The molecule has 0 spiro atoms. The van der Waals surface area contributed by atoms with Gasteiger partial charge >= 0.3 is 0 Å². The van der Waals surface area contributed by atoms with Crippen LogP contribution in [0.15, 0.2) is 78.9 Å². The van der Waals surface area contributed by atoms with Gasteiger partial charge in [0.25, 0.3) is 0 Å². The Morgan fingerprint density at radius 2 is 1.12 bits per heavy atom. The number of unbranched alkanes of at least 4 members (excludes halogenated alkanes) is 4. The lowest BCUT2D eigenvalue weighted by atomic mass is 9.66. The fourth-order valence-corrected chi connectivity index (χ4v) is 7.07. The highest BCUT2D eigenvalue weighted by Crippen LogP contribution is 2.41. The van der Waals surface area contributed by atoms with Crippen LogP contribution in [0.3, 0.4) is 0 Å². The lowest BCUT2D eigenvalue weighted by Crippen LogP contribution is -2.37. The molecule has 0 atom stereocenters. The lowest BCUT2D eigenvalue weighted by Gasteiger charge is -2.35. The molecular weight excluding hydrogens is 520 g/mol. The van der Waals surface area contributed by atoms with Gasteiger partial charge in [-0.15, -0.1) is 0 Å². The number of Topliss-reactive ketones (excluding diaryl/α,β-unsaturated/α-hetero) is 2. The Kier molecular flexibility index (Phi) is 12.9. The van der Waals surface area contributed by atoms with Crippen molar-refractivity contribution in [3.05, 3.63) is 107 Å². The Bertz CT molecular complexity index is 1200. The van der Waals surface area contributed by atoms with Crippen LogP contribution in [0.1, 0.15) is 100.0 Å². The zero-order valence-corrected chi connectivity index (χ0v) is 26.8. The van der Waals surface area contributed by atoms with Crippen molar-refractivity contribution in [1.82, 2.24) is 0 Å². The summed E-state index contributed by atoms with van der Waals surface area (Å²) in [6.07, 6.45) is 9.20. The first-order valence-corrected chi connectivity index (χ1v) is 16.6. The Labute approximate surface area is 253 Å². The molecule has 0 aliphatic carbocycles. The lowest BCUT2D eigenvalue weighted by molar-refractivity contribution is -0.126. The molecule has 0 saturated carbocycles. The number of hydrogen-bond acceptors (Lipinski definition) is 3. The molecule has 0 radical (unpaired) electrons. The van der Waals surface area contributed by atoms with Gasteiger partial charge in [0.2, 0.25) is 0 Å². The Balaban J connectivity index is 1.39. The summed E-state index contributed by atoms with van der Waals surface area (Å²) in [6.45, 7) is 10.2. The monoisotopic (exact) mass is 570 g/mol. The first-order valence-electron chi connectivity index (χ1n) is 15.5. The molecular formula is C38H50O2S. The van der Waals surface area contributed by atoms with Crippen LogP contribution in [-0.4, -0.2) is 23.1 Å². The van der Waals surface area contributed by atoms with E-state index in [-0.39, 0.29) is 11.2 Å². The number of rotatable bonds is 18. The smallest absolute Gasteiger partial charge is 0.144 e. The van der Waals surface area contributed by atoms with Gasteiger partial charge in [-0.3, -0.25) is 9.59 Å². The summed E-state index contributed by atoms with van der Waals surface area (Å²) in [5.74, 6) is 2.93. The van der Waals surface area contributed by atoms with Gasteiger partial charge in [0.15, 0.2) is 0 Å². The molecule has 0 aliphatic rings. The largest absolute Gasteiger partial charge is 0.299 e. The van der Waals surface area contributed by atoms with Crippen molar-refractivity contribution in [2.75, 3.05) is 11.5 Å². The van der Waals surface area contributed by atoms with E-state index in [1.165, 1.54) is 41.9 Å². The van der Waals surface area contributed by atoms with Gasteiger partial charge in [-0.25, -0.2) is 0 Å². The van der Waals surface area contributed by atoms with E-state index in [0.717, 1.165) is 48.8 Å². The zero-order chi connectivity index (χ0) is 29.7. The summed E-state index contributed by atoms with van der Waals surface area (Å²) in [6, 6.07) is 26.9. The molecule has 3 heteroatoms. The van der Waals surface area contributed by atoms with E-state index in [0.29, 0.717) is 12.2 Å². The molecule has 220 valence electrons. The van der Waals surface area contributed by atoms with Crippen molar-refractivity contribution < 1.29 is 9.59 Å². The number of benzene rings is 3. The molecule has 0 saturated heterocycles. The maximum absolute atomic E-state index is 13.4. The van der Waals surface area contributed by atoms with Crippen LogP contribution in [0.4, 0.5) is 0 Å². The average molecular weight is 571 g/mol. The minimum Gasteiger partial charge on any atom is -0.299 e. The summed E-state index contributed by atoms with van der Waals surface area (Å²) in [4.78, 5) is 26.2. The maximum atomic E-state index is 13.4. The topological polar surface area (TPSA) is 34.1 Å². The third kappa shape index (κ3) is 9.17. The average Bonchev–Trinajstić information content (AvgIpc) is 2.95. The fourth-order valence-electron chi connectivity index (χ4n) is 6.05. The van der Waals surface area contributed by atoms with Crippen LogP contribution >= 0.6 is 11.8 Å². The minimum absolute atomic E-state index is 0.236. The summed E-state index contributed by atoms with van der Waals surface area (Å²) < 4.78 is 0. The van der Waals surface area contributed by atoms with Gasteiger partial charge in [-0.05, 0) is 85.8 Å². The van der Waals surface area contributed by atoms with Crippen molar-refractivity contribution >= 4 is 23.3 Å².